The standard InChI is InChI=1S/C21H20N2O4/c1-3-18(21(25)26)27-19-9-6-16(12-14(19)2)20(24)15-4-7-17(8-5-15)23-11-10-22-13-23/h4-13,18H,3H2,1-2H3,(H,25,26). The molecule has 3 rings (SSSR count). The minimum absolute atomic E-state index is 0.105. The largest absolute Gasteiger partial charge is 0.479 e. The number of aromatic nitrogens is 2. The number of carboxylic acids is 1. The molecule has 0 aliphatic carbocycles. The Morgan fingerprint density at radius 2 is 1.85 bits per heavy atom. The van der Waals surface area contributed by atoms with E-state index < -0.39 is 12.1 Å². The highest BCUT2D eigenvalue weighted by Gasteiger charge is 2.18. The van der Waals surface area contributed by atoms with E-state index in [0.717, 1.165) is 11.3 Å². The zero-order valence-corrected chi connectivity index (χ0v) is 15.1. The Hall–Kier alpha value is -3.41. The van der Waals surface area contributed by atoms with Crippen LogP contribution in [0.15, 0.2) is 61.2 Å². The van der Waals surface area contributed by atoms with E-state index in [9.17, 15) is 9.59 Å². The quantitative estimate of drug-likeness (QED) is 0.647. The number of nitrogens with zero attached hydrogens (tertiary/aromatic N) is 2. The monoisotopic (exact) mass is 364 g/mol. The third kappa shape index (κ3) is 4.06. The molecular formula is C21H20N2O4. The van der Waals surface area contributed by atoms with Gasteiger partial charge >= 0.3 is 5.97 Å². The molecule has 6 heteroatoms. The van der Waals surface area contributed by atoms with Gasteiger partial charge in [-0.1, -0.05) is 6.92 Å². The molecule has 1 unspecified atom stereocenters. The number of hydrogen-bond donors (Lipinski definition) is 1. The van der Waals surface area contributed by atoms with E-state index >= 15 is 0 Å². The fourth-order valence-electron chi connectivity index (χ4n) is 2.75. The first-order chi connectivity index (χ1) is 13.0. The highest BCUT2D eigenvalue weighted by Crippen LogP contribution is 2.23. The molecule has 1 heterocycles. The van der Waals surface area contributed by atoms with E-state index in [2.05, 4.69) is 4.98 Å². The molecule has 0 saturated heterocycles. The van der Waals surface area contributed by atoms with Crippen LogP contribution in [0.25, 0.3) is 5.69 Å². The van der Waals surface area contributed by atoms with Gasteiger partial charge in [0.1, 0.15) is 5.75 Å². The number of carbonyl (C=O) groups excluding carboxylic acids is 1. The van der Waals surface area contributed by atoms with Gasteiger partial charge in [0.05, 0.1) is 6.33 Å². The van der Waals surface area contributed by atoms with E-state index in [1.165, 1.54) is 0 Å². The van der Waals surface area contributed by atoms with Gasteiger partial charge in [-0.15, -0.1) is 0 Å². The molecule has 1 N–H and O–H groups in total. The lowest BCUT2D eigenvalue weighted by Crippen LogP contribution is -2.26. The van der Waals surface area contributed by atoms with Crippen LogP contribution in [0, 0.1) is 6.92 Å². The molecule has 1 aromatic heterocycles. The molecule has 0 radical (unpaired) electrons. The molecule has 0 fully saturated rings. The number of rotatable bonds is 7. The number of carboxylic acid groups (broad SMARTS) is 1. The van der Waals surface area contributed by atoms with E-state index in [-0.39, 0.29) is 5.78 Å². The fraction of sp³-hybridized carbons (Fsp3) is 0.190. The van der Waals surface area contributed by atoms with Crippen LogP contribution < -0.4 is 4.74 Å². The first kappa shape index (κ1) is 18.4. The summed E-state index contributed by atoms with van der Waals surface area (Å²) in [6.45, 7) is 3.54. The predicted octanol–water partition coefficient (Wildman–Crippen LogP) is 3.65. The Morgan fingerprint density at radius 1 is 1.15 bits per heavy atom. The van der Waals surface area contributed by atoms with Gasteiger partial charge in [-0.3, -0.25) is 4.79 Å². The maximum absolute atomic E-state index is 12.7. The van der Waals surface area contributed by atoms with Crippen molar-refractivity contribution in [3.8, 4) is 11.4 Å². The summed E-state index contributed by atoms with van der Waals surface area (Å²) in [4.78, 5) is 27.9. The van der Waals surface area contributed by atoms with Crippen molar-refractivity contribution >= 4 is 11.8 Å². The van der Waals surface area contributed by atoms with E-state index in [1.54, 1.807) is 56.7 Å². The van der Waals surface area contributed by atoms with Crippen LogP contribution in [0.4, 0.5) is 0 Å². The summed E-state index contributed by atoms with van der Waals surface area (Å²) in [6.07, 6.45) is 4.68. The van der Waals surface area contributed by atoms with Crippen LogP contribution >= 0.6 is 0 Å². The highest BCUT2D eigenvalue weighted by molar-refractivity contribution is 6.09. The van der Waals surface area contributed by atoms with Crippen LogP contribution in [0.1, 0.15) is 34.8 Å². The molecule has 0 aliphatic heterocycles. The molecule has 1 atom stereocenters. The predicted molar refractivity (Wildman–Crippen MR) is 101 cm³/mol. The number of carbonyl (C=O) groups is 2. The van der Waals surface area contributed by atoms with Crippen molar-refractivity contribution in [2.75, 3.05) is 0 Å². The van der Waals surface area contributed by atoms with Crippen molar-refractivity contribution in [3.63, 3.8) is 0 Å². The van der Waals surface area contributed by atoms with Gasteiger partial charge in [0.15, 0.2) is 11.9 Å². The Morgan fingerprint density at radius 3 is 2.41 bits per heavy atom. The normalized spacial score (nSPS) is 11.8. The van der Waals surface area contributed by atoms with Gasteiger partial charge in [-0.2, -0.15) is 0 Å². The zero-order valence-electron chi connectivity index (χ0n) is 15.1. The second-order valence-electron chi connectivity index (χ2n) is 6.18. The number of ether oxygens (including phenoxy) is 1. The van der Waals surface area contributed by atoms with Crippen LogP contribution in [-0.4, -0.2) is 32.5 Å². The third-order valence-corrected chi connectivity index (χ3v) is 4.28. The maximum Gasteiger partial charge on any atom is 0.344 e. The molecule has 0 aliphatic rings. The molecular weight excluding hydrogens is 344 g/mol. The van der Waals surface area contributed by atoms with Gasteiger partial charge in [0, 0.05) is 29.2 Å². The minimum Gasteiger partial charge on any atom is -0.479 e. The fourth-order valence-corrected chi connectivity index (χ4v) is 2.75. The lowest BCUT2D eigenvalue weighted by Gasteiger charge is -2.15. The number of benzene rings is 2. The molecule has 0 saturated carbocycles. The molecule has 0 bridgehead atoms. The van der Waals surface area contributed by atoms with Crippen molar-refractivity contribution in [3.05, 3.63) is 77.9 Å². The summed E-state index contributed by atoms with van der Waals surface area (Å²) in [6, 6.07) is 12.3. The van der Waals surface area contributed by atoms with Gasteiger partial charge in [-0.25, -0.2) is 9.78 Å². The number of aryl methyl sites for hydroxylation is 1. The summed E-state index contributed by atoms with van der Waals surface area (Å²) in [7, 11) is 0. The van der Waals surface area contributed by atoms with E-state index in [1.807, 2.05) is 22.9 Å². The highest BCUT2D eigenvalue weighted by atomic mass is 16.5. The molecule has 27 heavy (non-hydrogen) atoms. The molecule has 0 amide bonds. The zero-order chi connectivity index (χ0) is 19.4. The number of hydrogen-bond acceptors (Lipinski definition) is 4. The van der Waals surface area contributed by atoms with Gasteiger partial charge in [0.2, 0.25) is 0 Å². The average Bonchev–Trinajstić information content (AvgIpc) is 3.21. The van der Waals surface area contributed by atoms with Crippen molar-refractivity contribution < 1.29 is 19.4 Å². The second kappa shape index (κ2) is 7.86. The van der Waals surface area contributed by atoms with Crippen molar-refractivity contribution in [2.45, 2.75) is 26.4 Å². The van der Waals surface area contributed by atoms with Crippen LogP contribution in [0.5, 0.6) is 5.75 Å². The number of aliphatic carboxylic acids is 1. The molecule has 2 aromatic carbocycles. The van der Waals surface area contributed by atoms with Crippen molar-refractivity contribution in [1.29, 1.82) is 0 Å². The Bertz CT molecular complexity index is 947. The average molecular weight is 364 g/mol. The van der Waals surface area contributed by atoms with Crippen LogP contribution in [-0.2, 0) is 4.79 Å². The summed E-state index contributed by atoms with van der Waals surface area (Å²) in [5.74, 6) is -0.640. The Balaban J connectivity index is 1.79. The molecule has 6 nitrogen and oxygen atoms in total. The lowest BCUT2D eigenvalue weighted by molar-refractivity contribution is -0.145. The van der Waals surface area contributed by atoms with Crippen LogP contribution in [0.2, 0.25) is 0 Å². The molecule has 0 spiro atoms. The first-order valence-electron chi connectivity index (χ1n) is 8.62. The van der Waals surface area contributed by atoms with E-state index in [0.29, 0.717) is 23.3 Å². The SMILES string of the molecule is CCC(Oc1ccc(C(=O)c2ccc(-n3ccnc3)cc2)cc1C)C(=O)O. The van der Waals surface area contributed by atoms with Crippen LogP contribution in [0.3, 0.4) is 0 Å². The topological polar surface area (TPSA) is 81.4 Å². The lowest BCUT2D eigenvalue weighted by atomic mass is 10.0. The summed E-state index contributed by atoms with van der Waals surface area (Å²) in [5.41, 5.74) is 2.74. The van der Waals surface area contributed by atoms with Gasteiger partial charge in [0.25, 0.3) is 0 Å². The molecule has 138 valence electrons. The maximum atomic E-state index is 12.7. The van der Waals surface area contributed by atoms with Crippen molar-refractivity contribution in [2.24, 2.45) is 0 Å². The second-order valence-corrected chi connectivity index (χ2v) is 6.18. The summed E-state index contributed by atoms with van der Waals surface area (Å²) in [5, 5.41) is 9.12. The first-order valence-corrected chi connectivity index (χ1v) is 8.62. The summed E-state index contributed by atoms with van der Waals surface area (Å²) < 4.78 is 7.39. The van der Waals surface area contributed by atoms with E-state index in [4.69, 9.17) is 9.84 Å². The smallest absolute Gasteiger partial charge is 0.344 e. The van der Waals surface area contributed by atoms with Gasteiger partial charge in [-0.05, 0) is 61.4 Å². The summed E-state index contributed by atoms with van der Waals surface area (Å²) >= 11 is 0. The third-order valence-electron chi connectivity index (χ3n) is 4.28. The Labute approximate surface area is 157 Å². The van der Waals surface area contributed by atoms with Crippen molar-refractivity contribution in [1.82, 2.24) is 9.55 Å². The van der Waals surface area contributed by atoms with Gasteiger partial charge < -0.3 is 14.4 Å². The number of imidazole rings is 1. The Kier molecular flexibility index (Phi) is 5.35. The number of ketones is 1. The molecule has 3 aromatic rings. The minimum atomic E-state index is -1.00.